The highest BCUT2D eigenvalue weighted by atomic mass is 16.5. The topological polar surface area (TPSA) is 45.2 Å². The smallest absolute Gasteiger partial charge is 0.124 e. The number of aliphatic hydroxyl groups excluding tert-OH is 1. The van der Waals surface area contributed by atoms with Crippen molar-refractivity contribution in [3.05, 3.63) is 59.7 Å². The van der Waals surface area contributed by atoms with Crippen LogP contribution in [0.1, 0.15) is 24.0 Å². The quantitative estimate of drug-likeness (QED) is 0.648. The zero-order chi connectivity index (χ0) is 21.3. The van der Waals surface area contributed by atoms with Crippen molar-refractivity contribution in [1.82, 2.24) is 9.80 Å². The van der Waals surface area contributed by atoms with Crippen LogP contribution in [0, 0.1) is 5.92 Å². The van der Waals surface area contributed by atoms with E-state index in [0.717, 1.165) is 42.6 Å². The van der Waals surface area contributed by atoms with E-state index in [0.29, 0.717) is 6.54 Å². The predicted molar refractivity (Wildman–Crippen MR) is 121 cm³/mol. The van der Waals surface area contributed by atoms with Gasteiger partial charge in [-0.05, 0) is 76.1 Å². The molecule has 0 bridgehead atoms. The summed E-state index contributed by atoms with van der Waals surface area (Å²) in [5, 5.41) is 10.1. The molecular weight excluding hydrogens is 376 g/mol. The molecule has 5 heteroatoms. The molecule has 1 aliphatic rings. The molecule has 1 N–H and O–H groups in total. The second-order valence-corrected chi connectivity index (χ2v) is 8.61. The molecule has 1 aliphatic heterocycles. The number of rotatable bonds is 10. The molecule has 0 aromatic heterocycles. The van der Waals surface area contributed by atoms with Crippen LogP contribution in [0.3, 0.4) is 0 Å². The average Bonchev–Trinajstić information content (AvgIpc) is 2.74. The molecule has 0 saturated carbocycles. The Bertz CT molecular complexity index is 758. The maximum atomic E-state index is 10.1. The summed E-state index contributed by atoms with van der Waals surface area (Å²) in [4.78, 5) is 4.46. The summed E-state index contributed by atoms with van der Waals surface area (Å²) in [6, 6.07) is 16.7. The van der Waals surface area contributed by atoms with E-state index in [1.807, 2.05) is 31.1 Å². The lowest BCUT2D eigenvalue weighted by Gasteiger charge is -2.32. The van der Waals surface area contributed by atoms with Gasteiger partial charge in [0.2, 0.25) is 0 Å². The lowest BCUT2D eigenvalue weighted by molar-refractivity contribution is 0.0819. The van der Waals surface area contributed by atoms with Crippen molar-refractivity contribution in [2.75, 3.05) is 47.4 Å². The number of hydrogen-bond acceptors (Lipinski definition) is 5. The number of methoxy groups -OCH3 is 1. The maximum absolute atomic E-state index is 10.1. The lowest BCUT2D eigenvalue weighted by atomic mass is 9.90. The summed E-state index contributed by atoms with van der Waals surface area (Å²) in [6.45, 7) is 3.90. The molecule has 1 saturated heterocycles. The predicted octanol–water partition coefficient (Wildman–Crippen LogP) is 3.45. The van der Waals surface area contributed by atoms with Gasteiger partial charge in [-0.15, -0.1) is 0 Å². The number of nitrogens with zero attached hydrogens (tertiary/aromatic N) is 2. The second kappa shape index (κ2) is 11.3. The molecule has 5 nitrogen and oxygen atoms in total. The molecule has 0 amide bonds. The Hall–Kier alpha value is -2.08. The minimum Gasteiger partial charge on any atom is -0.497 e. The number of aliphatic hydroxyl groups is 1. The molecule has 1 fully saturated rings. The van der Waals surface area contributed by atoms with E-state index in [4.69, 9.17) is 9.47 Å². The Kier molecular flexibility index (Phi) is 8.55. The van der Waals surface area contributed by atoms with E-state index in [1.54, 1.807) is 7.11 Å². The van der Waals surface area contributed by atoms with E-state index < -0.39 is 6.10 Å². The van der Waals surface area contributed by atoms with Gasteiger partial charge in [0.05, 0.1) is 7.11 Å². The minimum atomic E-state index is -0.510. The Morgan fingerprint density at radius 1 is 1.10 bits per heavy atom. The normalized spacial score (nSPS) is 16.6. The zero-order valence-corrected chi connectivity index (χ0v) is 18.6. The third-order valence-electron chi connectivity index (χ3n) is 5.74. The van der Waals surface area contributed by atoms with E-state index in [1.165, 1.54) is 24.8 Å². The largest absolute Gasteiger partial charge is 0.497 e. The summed E-state index contributed by atoms with van der Waals surface area (Å²) in [5.74, 6) is 2.43. The molecule has 0 aliphatic carbocycles. The Balaban J connectivity index is 1.56. The van der Waals surface area contributed by atoms with Crippen LogP contribution in [0.25, 0.3) is 0 Å². The van der Waals surface area contributed by atoms with Crippen LogP contribution in [0.15, 0.2) is 48.5 Å². The number of ether oxygens (including phenoxy) is 2. The molecule has 1 atom stereocenters. The van der Waals surface area contributed by atoms with E-state index >= 15 is 0 Å². The summed E-state index contributed by atoms with van der Waals surface area (Å²) >= 11 is 0. The summed E-state index contributed by atoms with van der Waals surface area (Å²) in [6.07, 6.45) is 3.10. The van der Waals surface area contributed by atoms with Gasteiger partial charge in [-0.3, -0.25) is 4.90 Å². The van der Waals surface area contributed by atoms with Crippen molar-refractivity contribution in [2.45, 2.75) is 31.9 Å². The SMILES string of the molecule is COc1ccc(OC[C@H](O)CN(C)C)c(CN2CCC(Cc3ccccc3)CC2)c1. The number of piperidine rings is 1. The van der Waals surface area contributed by atoms with E-state index in [9.17, 15) is 5.11 Å². The fraction of sp³-hybridized carbons (Fsp3) is 0.520. The molecule has 2 aromatic rings. The molecule has 30 heavy (non-hydrogen) atoms. The van der Waals surface area contributed by atoms with Crippen molar-refractivity contribution < 1.29 is 14.6 Å². The highest BCUT2D eigenvalue weighted by Gasteiger charge is 2.21. The van der Waals surface area contributed by atoms with Crippen molar-refractivity contribution in [3.8, 4) is 11.5 Å². The van der Waals surface area contributed by atoms with Crippen molar-refractivity contribution in [3.63, 3.8) is 0 Å². The third-order valence-corrected chi connectivity index (χ3v) is 5.74. The van der Waals surface area contributed by atoms with Crippen LogP contribution in [-0.2, 0) is 13.0 Å². The van der Waals surface area contributed by atoms with Gasteiger partial charge in [0.25, 0.3) is 0 Å². The summed E-state index contributed by atoms with van der Waals surface area (Å²) < 4.78 is 11.4. The number of likely N-dealkylation sites (N-methyl/N-ethyl adjacent to an activating group) is 1. The van der Waals surface area contributed by atoms with Gasteiger partial charge in [0.1, 0.15) is 24.2 Å². The fourth-order valence-electron chi connectivity index (χ4n) is 4.14. The second-order valence-electron chi connectivity index (χ2n) is 8.61. The highest BCUT2D eigenvalue weighted by molar-refractivity contribution is 5.40. The Morgan fingerprint density at radius 2 is 1.83 bits per heavy atom. The Labute approximate surface area is 181 Å². The van der Waals surface area contributed by atoms with E-state index in [2.05, 4.69) is 41.3 Å². The molecule has 2 aromatic carbocycles. The minimum absolute atomic E-state index is 0.288. The van der Waals surface area contributed by atoms with Gasteiger partial charge in [-0.1, -0.05) is 30.3 Å². The highest BCUT2D eigenvalue weighted by Crippen LogP contribution is 2.28. The van der Waals surface area contributed by atoms with Crippen LogP contribution in [-0.4, -0.2) is 68.5 Å². The standard InChI is InChI=1S/C25H36N2O3/c1-26(2)18-23(28)19-30-25-10-9-24(29-3)16-22(25)17-27-13-11-21(12-14-27)15-20-7-5-4-6-8-20/h4-10,16,21,23,28H,11-15,17-19H2,1-3H3/t23-/m1/s1. The molecular formula is C25H36N2O3. The van der Waals surface area contributed by atoms with Gasteiger partial charge in [-0.2, -0.15) is 0 Å². The van der Waals surface area contributed by atoms with Gasteiger partial charge in [-0.25, -0.2) is 0 Å². The van der Waals surface area contributed by atoms with Crippen molar-refractivity contribution in [2.24, 2.45) is 5.92 Å². The molecule has 0 spiro atoms. The third kappa shape index (κ3) is 7.01. The van der Waals surface area contributed by atoms with Crippen LogP contribution in [0.4, 0.5) is 0 Å². The first-order valence-corrected chi connectivity index (χ1v) is 10.9. The van der Waals surface area contributed by atoms with Crippen molar-refractivity contribution in [1.29, 1.82) is 0 Å². The monoisotopic (exact) mass is 412 g/mol. The summed E-state index contributed by atoms with van der Waals surface area (Å²) in [7, 11) is 5.59. The molecule has 0 unspecified atom stereocenters. The Morgan fingerprint density at radius 3 is 2.50 bits per heavy atom. The average molecular weight is 413 g/mol. The summed E-state index contributed by atoms with van der Waals surface area (Å²) in [5.41, 5.74) is 2.56. The van der Waals surface area contributed by atoms with Crippen LogP contribution in [0.2, 0.25) is 0 Å². The van der Waals surface area contributed by atoms with Crippen LogP contribution >= 0.6 is 0 Å². The van der Waals surface area contributed by atoms with Crippen LogP contribution in [0.5, 0.6) is 11.5 Å². The fourth-order valence-corrected chi connectivity index (χ4v) is 4.14. The number of benzene rings is 2. The van der Waals surface area contributed by atoms with Crippen LogP contribution < -0.4 is 9.47 Å². The molecule has 164 valence electrons. The van der Waals surface area contributed by atoms with Gasteiger partial charge < -0.3 is 19.5 Å². The number of hydrogen-bond donors (Lipinski definition) is 1. The first kappa shape index (κ1) is 22.6. The molecule has 3 rings (SSSR count). The first-order valence-electron chi connectivity index (χ1n) is 10.9. The van der Waals surface area contributed by atoms with E-state index in [-0.39, 0.29) is 6.61 Å². The lowest BCUT2D eigenvalue weighted by Crippen LogP contribution is -2.34. The molecule has 0 radical (unpaired) electrons. The zero-order valence-electron chi connectivity index (χ0n) is 18.6. The van der Waals surface area contributed by atoms with Gasteiger partial charge >= 0.3 is 0 Å². The van der Waals surface area contributed by atoms with Gasteiger partial charge in [0.15, 0.2) is 0 Å². The van der Waals surface area contributed by atoms with Gasteiger partial charge in [0, 0.05) is 18.7 Å². The van der Waals surface area contributed by atoms with Crippen molar-refractivity contribution >= 4 is 0 Å². The first-order chi connectivity index (χ1) is 14.5. The maximum Gasteiger partial charge on any atom is 0.124 e. The number of likely N-dealkylation sites (tertiary alicyclic amines) is 1. The molecule has 1 heterocycles.